The van der Waals surface area contributed by atoms with Crippen molar-refractivity contribution in [1.29, 1.82) is 0 Å². The normalized spacial score (nSPS) is 14.8. The number of aryl methyl sites for hydroxylation is 1. The first-order valence-corrected chi connectivity index (χ1v) is 12.8. The SMILES string of the molecule is CCOC(=O)C1CCN(C(=O)/C=C/c2ccc(Sc3ccc4c(ccn4C)c3)c(Cl)c2Cl)CC1. The van der Waals surface area contributed by atoms with Gasteiger partial charge in [-0.2, -0.15) is 0 Å². The molecular formula is C26H26Cl2N2O3S. The van der Waals surface area contributed by atoms with Crippen LogP contribution >= 0.6 is 35.0 Å². The lowest BCUT2D eigenvalue weighted by Crippen LogP contribution is -2.39. The summed E-state index contributed by atoms with van der Waals surface area (Å²) in [5, 5.41) is 2.04. The summed E-state index contributed by atoms with van der Waals surface area (Å²) < 4.78 is 7.17. The van der Waals surface area contributed by atoms with E-state index in [-0.39, 0.29) is 17.8 Å². The molecule has 0 unspecified atom stereocenters. The molecule has 0 N–H and O–H groups in total. The van der Waals surface area contributed by atoms with Crippen LogP contribution in [0.25, 0.3) is 17.0 Å². The number of esters is 1. The fourth-order valence-corrected chi connectivity index (χ4v) is 5.54. The van der Waals surface area contributed by atoms with Crippen molar-refractivity contribution in [3.8, 4) is 0 Å². The first kappa shape index (κ1) is 24.7. The first-order chi connectivity index (χ1) is 16.4. The average molecular weight is 517 g/mol. The summed E-state index contributed by atoms with van der Waals surface area (Å²) in [4.78, 5) is 28.2. The third-order valence-corrected chi connectivity index (χ3v) is 8.05. The first-order valence-electron chi connectivity index (χ1n) is 11.2. The van der Waals surface area contributed by atoms with Crippen LogP contribution in [-0.2, 0) is 21.4 Å². The van der Waals surface area contributed by atoms with Crippen LogP contribution in [0.4, 0.5) is 0 Å². The number of amides is 1. The average Bonchev–Trinajstić information content (AvgIpc) is 3.21. The number of hydrogen-bond donors (Lipinski definition) is 0. The van der Waals surface area contributed by atoms with Gasteiger partial charge in [0.2, 0.25) is 5.91 Å². The van der Waals surface area contributed by atoms with Crippen molar-refractivity contribution in [3.63, 3.8) is 0 Å². The molecule has 0 atom stereocenters. The molecule has 1 amide bonds. The second kappa shape index (κ2) is 10.9. The third-order valence-electron chi connectivity index (χ3n) is 5.99. The summed E-state index contributed by atoms with van der Waals surface area (Å²) in [6.45, 7) is 3.24. The van der Waals surface area contributed by atoms with Gasteiger partial charge in [0.15, 0.2) is 0 Å². The summed E-state index contributed by atoms with van der Waals surface area (Å²) in [6.07, 6.45) is 6.47. The number of aromatic nitrogens is 1. The maximum absolute atomic E-state index is 12.6. The van der Waals surface area contributed by atoms with Gasteiger partial charge in [0.25, 0.3) is 0 Å². The number of rotatable bonds is 6. The van der Waals surface area contributed by atoms with E-state index in [1.54, 1.807) is 29.7 Å². The zero-order chi connectivity index (χ0) is 24.2. The van der Waals surface area contributed by atoms with E-state index in [2.05, 4.69) is 28.8 Å². The number of benzene rings is 2. The van der Waals surface area contributed by atoms with Crippen LogP contribution in [0.5, 0.6) is 0 Å². The standard InChI is InChI=1S/C26H26Cl2N2O3S/c1-3-33-26(32)18-11-14-30(15-12-18)23(31)9-5-17-4-8-22(25(28)24(17)27)34-20-6-7-21-19(16-20)10-13-29(21)2/h4-10,13,16,18H,3,11-12,14-15H2,1-2H3/b9-5+. The van der Waals surface area contributed by atoms with Gasteiger partial charge in [-0.15, -0.1) is 0 Å². The molecule has 0 spiro atoms. The van der Waals surface area contributed by atoms with Crippen molar-refractivity contribution in [1.82, 2.24) is 9.47 Å². The Morgan fingerprint density at radius 1 is 1.12 bits per heavy atom. The maximum atomic E-state index is 12.6. The molecule has 0 radical (unpaired) electrons. The van der Waals surface area contributed by atoms with E-state index >= 15 is 0 Å². The Morgan fingerprint density at radius 2 is 1.88 bits per heavy atom. The summed E-state index contributed by atoms with van der Waals surface area (Å²) in [7, 11) is 2.02. The maximum Gasteiger partial charge on any atom is 0.309 e. The van der Waals surface area contributed by atoms with Crippen molar-refractivity contribution in [2.75, 3.05) is 19.7 Å². The van der Waals surface area contributed by atoms with E-state index < -0.39 is 0 Å². The molecule has 4 rings (SSSR count). The highest BCUT2D eigenvalue weighted by molar-refractivity contribution is 7.99. The summed E-state index contributed by atoms with van der Waals surface area (Å²) in [5.74, 6) is -0.411. The second-order valence-corrected chi connectivity index (χ2v) is 10.1. The topological polar surface area (TPSA) is 51.5 Å². The smallest absolute Gasteiger partial charge is 0.309 e. The van der Waals surface area contributed by atoms with Gasteiger partial charge in [-0.1, -0.05) is 41.0 Å². The van der Waals surface area contributed by atoms with Gasteiger partial charge in [-0.25, -0.2) is 0 Å². The van der Waals surface area contributed by atoms with Crippen molar-refractivity contribution in [2.45, 2.75) is 29.6 Å². The molecule has 1 aliphatic rings. The second-order valence-electron chi connectivity index (χ2n) is 8.22. The minimum Gasteiger partial charge on any atom is -0.466 e. The van der Waals surface area contributed by atoms with Crippen molar-refractivity contribution < 1.29 is 14.3 Å². The van der Waals surface area contributed by atoms with Gasteiger partial charge in [0.05, 0.1) is 22.6 Å². The summed E-state index contributed by atoms with van der Waals surface area (Å²) in [5.41, 5.74) is 1.85. The Morgan fingerprint density at radius 3 is 2.62 bits per heavy atom. The van der Waals surface area contributed by atoms with Crippen molar-refractivity contribution in [2.24, 2.45) is 13.0 Å². The summed E-state index contributed by atoms with van der Waals surface area (Å²) in [6, 6.07) is 12.2. The van der Waals surface area contributed by atoms with Crippen LogP contribution in [0.3, 0.4) is 0 Å². The number of ether oxygens (including phenoxy) is 1. The minimum absolute atomic E-state index is 0.107. The Labute approximate surface area is 213 Å². The predicted octanol–water partition coefficient (Wildman–Crippen LogP) is 6.45. The molecule has 8 heteroatoms. The molecule has 1 fully saturated rings. The lowest BCUT2D eigenvalue weighted by atomic mass is 9.97. The molecule has 0 saturated carbocycles. The van der Waals surface area contributed by atoms with Crippen LogP contribution in [0, 0.1) is 5.92 Å². The molecule has 2 heterocycles. The predicted molar refractivity (Wildman–Crippen MR) is 138 cm³/mol. The van der Waals surface area contributed by atoms with E-state index in [1.807, 2.05) is 25.4 Å². The zero-order valence-electron chi connectivity index (χ0n) is 19.1. The van der Waals surface area contributed by atoms with E-state index in [0.29, 0.717) is 48.1 Å². The van der Waals surface area contributed by atoms with Gasteiger partial charge >= 0.3 is 5.97 Å². The highest BCUT2D eigenvalue weighted by Crippen LogP contribution is 2.40. The quantitative estimate of drug-likeness (QED) is 0.279. The minimum atomic E-state index is -0.173. The summed E-state index contributed by atoms with van der Waals surface area (Å²) >= 11 is 14.7. The van der Waals surface area contributed by atoms with Crippen LogP contribution in [0.15, 0.2) is 58.5 Å². The van der Waals surface area contributed by atoms with E-state index in [9.17, 15) is 9.59 Å². The van der Waals surface area contributed by atoms with Crippen molar-refractivity contribution in [3.05, 3.63) is 64.3 Å². The fourth-order valence-electron chi connectivity index (χ4n) is 4.07. The molecule has 178 valence electrons. The molecule has 1 aliphatic heterocycles. The Kier molecular flexibility index (Phi) is 7.91. The zero-order valence-corrected chi connectivity index (χ0v) is 21.4. The fraction of sp³-hybridized carbons (Fsp3) is 0.308. The molecule has 34 heavy (non-hydrogen) atoms. The molecule has 1 aromatic heterocycles. The number of carbonyl (C=O) groups excluding carboxylic acids is 2. The molecule has 2 aromatic carbocycles. The van der Waals surface area contributed by atoms with Crippen LogP contribution < -0.4 is 0 Å². The molecule has 1 saturated heterocycles. The molecular weight excluding hydrogens is 491 g/mol. The lowest BCUT2D eigenvalue weighted by Gasteiger charge is -2.30. The number of hydrogen-bond acceptors (Lipinski definition) is 4. The van der Waals surface area contributed by atoms with E-state index in [1.165, 1.54) is 17.0 Å². The van der Waals surface area contributed by atoms with Gasteiger partial charge in [-0.05, 0) is 61.7 Å². The Bertz CT molecular complexity index is 1250. The largest absolute Gasteiger partial charge is 0.466 e. The lowest BCUT2D eigenvalue weighted by molar-refractivity contribution is -0.150. The third kappa shape index (κ3) is 5.45. The van der Waals surface area contributed by atoms with Crippen LogP contribution in [0.2, 0.25) is 10.0 Å². The van der Waals surface area contributed by atoms with Crippen LogP contribution in [-0.4, -0.2) is 41.0 Å². The van der Waals surface area contributed by atoms with Crippen LogP contribution in [0.1, 0.15) is 25.3 Å². The van der Waals surface area contributed by atoms with E-state index in [0.717, 1.165) is 9.79 Å². The Hall–Kier alpha value is -2.41. The number of nitrogens with zero attached hydrogens (tertiary/aromatic N) is 2. The van der Waals surface area contributed by atoms with Gasteiger partial charge in [0.1, 0.15) is 0 Å². The van der Waals surface area contributed by atoms with E-state index in [4.69, 9.17) is 27.9 Å². The number of likely N-dealkylation sites (tertiary alicyclic amines) is 1. The van der Waals surface area contributed by atoms with Crippen molar-refractivity contribution >= 4 is 63.8 Å². The number of fused-ring (bicyclic) bond motifs is 1. The monoisotopic (exact) mass is 516 g/mol. The molecule has 3 aromatic rings. The molecule has 5 nitrogen and oxygen atoms in total. The number of carbonyl (C=O) groups is 2. The molecule has 0 aliphatic carbocycles. The highest BCUT2D eigenvalue weighted by Gasteiger charge is 2.27. The number of piperidine rings is 1. The highest BCUT2D eigenvalue weighted by atomic mass is 35.5. The molecule has 0 bridgehead atoms. The Balaban J connectivity index is 1.40. The van der Waals surface area contributed by atoms with Gasteiger partial charge < -0.3 is 14.2 Å². The van der Waals surface area contributed by atoms with Gasteiger partial charge in [-0.3, -0.25) is 9.59 Å². The van der Waals surface area contributed by atoms with Gasteiger partial charge in [0, 0.05) is 53.1 Å². The number of halogens is 2.